The molecular formula is C55H45N3O2S2. The van der Waals surface area contributed by atoms with Gasteiger partial charge in [-0.25, -0.2) is 4.90 Å². The lowest BCUT2D eigenvalue weighted by Gasteiger charge is -2.33. The Morgan fingerprint density at radius 3 is 2.03 bits per heavy atom. The fraction of sp³-hybridized carbons (Fsp3) is 0.200. The summed E-state index contributed by atoms with van der Waals surface area (Å²) in [5.74, 6) is -0.584. The van der Waals surface area contributed by atoms with Crippen molar-refractivity contribution in [2.24, 2.45) is 0 Å². The zero-order valence-corrected chi connectivity index (χ0v) is 36.8. The van der Waals surface area contributed by atoms with Crippen molar-refractivity contribution in [1.29, 1.82) is 0 Å². The predicted octanol–water partition coefficient (Wildman–Crippen LogP) is 15.3. The number of fused-ring (bicyclic) bond motifs is 9. The van der Waals surface area contributed by atoms with Crippen molar-refractivity contribution in [1.82, 2.24) is 9.13 Å². The molecule has 0 N–H and O–H groups in total. The molecule has 12 rings (SSSR count). The van der Waals surface area contributed by atoms with Crippen LogP contribution in [0.1, 0.15) is 91.1 Å². The summed E-state index contributed by atoms with van der Waals surface area (Å²) >= 11 is 3.60. The lowest BCUT2D eigenvalue weighted by molar-refractivity contribution is 0.0893. The van der Waals surface area contributed by atoms with Gasteiger partial charge in [-0.1, -0.05) is 106 Å². The maximum atomic E-state index is 14.6. The second kappa shape index (κ2) is 14.1. The van der Waals surface area contributed by atoms with Crippen molar-refractivity contribution < 1.29 is 9.59 Å². The van der Waals surface area contributed by atoms with E-state index in [2.05, 4.69) is 120 Å². The van der Waals surface area contributed by atoms with Crippen molar-refractivity contribution in [2.75, 3.05) is 4.90 Å². The molecule has 0 bridgehead atoms. The number of aryl methyl sites for hydroxylation is 1. The third-order valence-corrected chi connectivity index (χ3v) is 16.2. The van der Waals surface area contributed by atoms with Gasteiger partial charge in [-0.3, -0.25) is 9.59 Å². The average Bonchev–Trinajstić information content (AvgIpc) is 4.12. The Hall–Kier alpha value is -6.28. The number of carbonyl (C=O) groups excluding carboxylic acids is 2. The zero-order chi connectivity index (χ0) is 41.9. The molecule has 5 heterocycles. The number of para-hydroxylation sites is 1. The molecule has 304 valence electrons. The molecule has 0 unspecified atom stereocenters. The summed E-state index contributed by atoms with van der Waals surface area (Å²) in [6, 6.07) is 45.2. The summed E-state index contributed by atoms with van der Waals surface area (Å²) in [5, 5.41) is 6.01. The van der Waals surface area contributed by atoms with Crippen LogP contribution in [-0.4, -0.2) is 20.9 Å². The molecule has 0 spiro atoms. The van der Waals surface area contributed by atoms with Gasteiger partial charge in [0.25, 0.3) is 11.8 Å². The Labute approximate surface area is 368 Å². The minimum Gasteiger partial charge on any atom is -0.341 e. The summed E-state index contributed by atoms with van der Waals surface area (Å²) in [6.45, 7) is 7.59. The van der Waals surface area contributed by atoms with Crippen LogP contribution in [0, 0.1) is 0 Å². The quantitative estimate of drug-likeness (QED) is 0.129. The molecule has 1 aliphatic heterocycles. The summed E-state index contributed by atoms with van der Waals surface area (Å²) in [6.07, 6.45) is 7.06. The molecule has 6 aromatic carbocycles. The highest BCUT2D eigenvalue weighted by Crippen LogP contribution is 2.55. The van der Waals surface area contributed by atoms with Gasteiger partial charge in [0.05, 0.1) is 26.1 Å². The number of aromatic nitrogens is 2. The van der Waals surface area contributed by atoms with Crippen LogP contribution in [0.5, 0.6) is 0 Å². The van der Waals surface area contributed by atoms with Gasteiger partial charge < -0.3 is 9.13 Å². The first-order valence-corrected chi connectivity index (χ1v) is 23.9. The van der Waals surface area contributed by atoms with Gasteiger partial charge in [0.1, 0.15) is 0 Å². The number of unbranched alkanes of at least 4 members (excludes halogenated alkanes) is 2. The molecule has 4 aromatic heterocycles. The molecule has 0 radical (unpaired) electrons. The van der Waals surface area contributed by atoms with Gasteiger partial charge >= 0.3 is 0 Å². The van der Waals surface area contributed by atoms with Crippen LogP contribution < -0.4 is 4.90 Å². The van der Waals surface area contributed by atoms with Gasteiger partial charge in [-0.15, -0.1) is 22.7 Å². The van der Waals surface area contributed by atoms with E-state index in [4.69, 9.17) is 0 Å². The predicted molar refractivity (Wildman–Crippen MR) is 261 cm³/mol. The third-order valence-electron chi connectivity index (χ3n) is 14.0. The van der Waals surface area contributed by atoms with Crippen molar-refractivity contribution in [3.05, 3.63) is 155 Å². The third kappa shape index (κ3) is 5.12. The summed E-state index contributed by atoms with van der Waals surface area (Å²) in [5.41, 5.74) is 14.3. The van der Waals surface area contributed by atoms with Crippen LogP contribution >= 0.6 is 22.7 Å². The number of benzene rings is 6. The number of thiophene rings is 2. The normalized spacial score (nSPS) is 14.3. The van der Waals surface area contributed by atoms with E-state index in [1.165, 1.54) is 79.0 Å². The average molecular weight is 844 g/mol. The van der Waals surface area contributed by atoms with Gasteiger partial charge in [-0.05, 0) is 119 Å². The largest absolute Gasteiger partial charge is 0.341 e. The number of amides is 2. The second-order valence-electron chi connectivity index (χ2n) is 17.2. The van der Waals surface area contributed by atoms with Crippen LogP contribution in [0.2, 0.25) is 0 Å². The number of anilines is 1. The second-order valence-corrected chi connectivity index (χ2v) is 19.1. The standard InChI is InChI=1S/C55H45N3O2S2/c1-4-7-27-55(28-8-5-2)43-18-11-9-14-35(43)36-22-20-34(31-44(36)55)57-47-26-29-61-51(47)52-48(57)32-49(62-52)38-23-24-41-50-39(38)16-13-17-40(50)53(59)58(54(41)60)33-21-25-46-42(30-33)37-15-10-12-19-45(37)56(46)6-3/h9-26,29-32H,4-8,27-28H2,1-3H3. The molecule has 0 fully saturated rings. The Morgan fingerprint density at radius 1 is 0.532 bits per heavy atom. The molecule has 62 heavy (non-hydrogen) atoms. The maximum Gasteiger partial charge on any atom is 0.265 e. The lowest BCUT2D eigenvalue weighted by Crippen LogP contribution is -2.40. The summed E-state index contributed by atoms with van der Waals surface area (Å²) in [4.78, 5) is 31.6. The van der Waals surface area contributed by atoms with E-state index in [0.717, 1.165) is 62.4 Å². The minimum absolute atomic E-state index is 0.00379. The smallest absolute Gasteiger partial charge is 0.265 e. The highest BCUT2D eigenvalue weighted by Gasteiger charge is 2.42. The van der Waals surface area contributed by atoms with Gasteiger partial charge in [0.2, 0.25) is 0 Å². The molecule has 1 aliphatic carbocycles. The molecule has 0 saturated carbocycles. The van der Waals surface area contributed by atoms with Crippen molar-refractivity contribution >= 4 is 93.2 Å². The highest BCUT2D eigenvalue weighted by molar-refractivity contribution is 7.28. The van der Waals surface area contributed by atoms with Gasteiger partial charge in [-0.2, -0.15) is 0 Å². The van der Waals surface area contributed by atoms with E-state index in [9.17, 15) is 9.59 Å². The Kier molecular flexibility index (Phi) is 8.54. The van der Waals surface area contributed by atoms with E-state index < -0.39 is 0 Å². The highest BCUT2D eigenvalue weighted by atomic mass is 32.1. The van der Waals surface area contributed by atoms with Crippen LogP contribution in [-0.2, 0) is 12.0 Å². The molecule has 10 aromatic rings. The molecular weight excluding hydrogens is 799 g/mol. The fourth-order valence-corrected chi connectivity index (χ4v) is 13.4. The summed E-state index contributed by atoms with van der Waals surface area (Å²) < 4.78 is 7.30. The lowest BCUT2D eigenvalue weighted by atomic mass is 9.71. The molecule has 2 aliphatic rings. The topological polar surface area (TPSA) is 47.2 Å². The monoisotopic (exact) mass is 843 g/mol. The van der Waals surface area contributed by atoms with Crippen LogP contribution in [0.3, 0.4) is 0 Å². The first-order chi connectivity index (χ1) is 30.5. The van der Waals surface area contributed by atoms with E-state index in [0.29, 0.717) is 16.8 Å². The Balaban J connectivity index is 0.977. The number of nitrogens with zero attached hydrogens (tertiary/aromatic N) is 3. The van der Waals surface area contributed by atoms with Crippen LogP contribution in [0.4, 0.5) is 5.69 Å². The van der Waals surface area contributed by atoms with Crippen molar-refractivity contribution in [2.45, 2.75) is 71.3 Å². The molecule has 0 saturated heterocycles. The first kappa shape index (κ1) is 37.5. The number of hydrogen-bond acceptors (Lipinski definition) is 4. The molecule has 5 nitrogen and oxygen atoms in total. The fourth-order valence-electron chi connectivity index (χ4n) is 11.2. The van der Waals surface area contributed by atoms with Crippen molar-refractivity contribution in [3.8, 4) is 27.3 Å². The number of carbonyl (C=O) groups is 2. The number of imide groups is 1. The first-order valence-electron chi connectivity index (χ1n) is 22.2. The summed E-state index contributed by atoms with van der Waals surface area (Å²) in [7, 11) is 0. The van der Waals surface area contributed by atoms with Crippen LogP contribution in [0.15, 0.2) is 133 Å². The van der Waals surface area contributed by atoms with E-state index in [1.54, 1.807) is 22.7 Å². The Morgan fingerprint density at radius 2 is 1.21 bits per heavy atom. The van der Waals surface area contributed by atoms with Crippen LogP contribution in [0.25, 0.3) is 80.3 Å². The number of rotatable bonds is 10. The van der Waals surface area contributed by atoms with E-state index >= 15 is 0 Å². The van der Waals surface area contributed by atoms with Gasteiger partial charge in [0.15, 0.2) is 0 Å². The van der Waals surface area contributed by atoms with E-state index in [1.807, 2.05) is 42.5 Å². The van der Waals surface area contributed by atoms with Gasteiger partial charge in [0, 0.05) is 60.8 Å². The molecule has 7 heteroatoms. The van der Waals surface area contributed by atoms with E-state index in [-0.39, 0.29) is 17.2 Å². The minimum atomic E-state index is -0.292. The maximum absolute atomic E-state index is 14.6. The zero-order valence-electron chi connectivity index (χ0n) is 35.1. The number of hydrogen-bond donors (Lipinski definition) is 0. The van der Waals surface area contributed by atoms with Crippen molar-refractivity contribution in [3.63, 3.8) is 0 Å². The SMILES string of the molecule is CCCCC1(CCCC)c2ccccc2-c2ccc(-n3c4ccsc4c4sc(-c5ccc6c7c(cccc57)C(=O)N(c5ccc7c(c5)c5ccccc5n7CC)C6=O)cc43)cc21. The molecule has 2 amide bonds. The molecule has 0 atom stereocenters. The Bertz CT molecular complexity index is 3470.